The molecule has 100 valence electrons. The van der Waals surface area contributed by atoms with Crippen LogP contribution in [-0.2, 0) is 17.8 Å². The molecule has 0 aromatic heterocycles. The molecule has 1 saturated heterocycles. The number of hydrogen-bond acceptors (Lipinski definition) is 4. The second-order valence-electron chi connectivity index (χ2n) is 4.88. The van der Waals surface area contributed by atoms with Gasteiger partial charge in [0.25, 0.3) is 0 Å². The Bertz CT molecular complexity index is 395. The number of rotatable bonds is 4. The van der Waals surface area contributed by atoms with E-state index in [1.54, 1.807) is 0 Å². The molecule has 0 saturated carbocycles. The number of nitrogens with zero attached hydrogens (tertiary/aromatic N) is 1. The Kier molecular flexibility index (Phi) is 4.72. The number of morpholine rings is 1. The zero-order chi connectivity index (χ0) is 13.0. The maximum atomic E-state index is 9.13. The van der Waals surface area contributed by atoms with E-state index in [1.807, 2.05) is 0 Å². The topological polar surface area (TPSA) is 58.7 Å². The molecule has 1 heterocycles. The Morgan fingerprint density at radius 1 is 1.50 bits per heavy atom. The summed E-state index contributed by atoms with van der Waals surface area (Å²) in [6, 6.07) is 6.40. The maximum Gasteiger partial charge on any atom is 0.0933 e. The first-order chi connectivity index (χ1) is 8.72. The fourth-order valence-electron chi connectivity index (χ4n) is 2.34. The third kappa shape index (κ3) is 3.29. The average Bonchev–Trinajstić information content (AvgIpc) is 2.41. The van der Waals surface area contributed by atoms with Gasteiger partial charge < -0.3 is 15.6 Å². The van der Waals surface area contributed by atoms with Crippen LogP contribution in [0.1, 0.15) is 16.7 Å². The monoisotopic (exact) mass is 250 g/mol. The highest BCUT2D eigenvalue weighted by atomic mass is 16.5. The molecular weight excluding hydrogens is 228 g/mol. The molecule has 1 aliphatic heterocycles. The SMILES string of the molecule is Cc1cc(CN)ccc1CN1CCOC(CO)C1. The van der Waals surface area contributed by atoms with E-state index >= 15 is 0 Å². The zero-order valence-corrected chi connectivity index (χ0v) is 10.9. The summed E-state index contributed by atoms with van der Waals surface area (Å²) < 4.78 is 5.45. The van der Waals surface area contributed by atoms with Gasteiger partial charge in [0.1, 0.15) is 0 Å². The lowest BCUT2D eigenvalue weighted by molar-refractivity contribution is -0.0551. The molecule has 0 radical (unpaired) electrons. The lowest BCUT2D eigenvalue weighted by atomic mass is 10.0. The minimum atomic E-state index is -0.0395. The average molecular weight is 250 g/mol. The second-order valence-corrected chi connectivity index (χ2v) is 4.88. The van der Waals surface area contributed by atoms with Crippen molar-refractivity contribution in [1.82, 2.24) is 4.90 Å². The summed E-state index contributed by atoms with van der Waals surface area (Å²) in [5, 5.41) is 9.13. The minimum absolute atomic E-state index is 0.0395. The van der Waals surface area contributed by atoms with Gasteiger partial charge in [-0.05, 0) is 23.6 Å². The van der Waals surface area contributed by atoms with E-state index in [4.69, 9.17) is 15.6 Å². The molecule has 1 aliphatic rings. The first-order valence-corrected chi connectivity index (χ1v) is 6.46. The van der Waals surface area contributed by atoms with Crippen molar-refractivity contribution in [2.45, 2.75) is 26.1 Å². The summed E-state index contributed by atoms with van der Waals surface area (Å²) >= 11 is 0. The van der Waals surface area contributed by atoms with Crippen LogP contribution in [0.25, 0.3) is 0 Å². The summed E-state index contributed by atoms with van der Waals surface area (Å²) in [5.74, 6) is 0. The van der Waals surface area contributed by atoms with Crippen molar-refractivity contribution in [3.8, 4) is 0 Å². The van der Waals surface area contributed by atoms with Gasteiger partial charge in [-0.3, -0.25) is 4.90 Å². The van der Waals surface area contributed by atoms with Crippen molar-refractivity contribution >= 4 is 0 Å². The number of nitrogens with two attached hydrogens (primary N) is 1. The summed E-state index contributed by atoms with van der Waals surface area (Å²) in [5.41, 5.74) is 9.41. The van der Waals surface area contributed by atoms with Gasteiger partial charge in [0.05, 0.1) is 19.3 Å². The normalized spacial score (nSPS) is 21.2. The molecule has 18 heavy (non-hydrogen) atoms. The number of aliphatic hydroxyl groups excluding tert-OH is 1. The minimum Gasteiger partial charge on any atom is -0.394 e. The standard InChI is InChI=1S/C14H22N2O2/c1-11-6-12(7-15)2-3-13(11)8-16-4-5-18-14(9-16)10-17/h2-3,6,14,17H,4-5,7-10,15H2,1H3. The van der Waals surface area contributed by atoms with Crippen molar-refractivity contribution in [3.63, 3.8) is 0 Å². The fourth-order valence-corrected chi connectivity index (χ4v) is 2.34. The van der Waals surface area contributed by atoms with E-state index in [9.17, 15) is 0 Å². The van der Waals surface area contributed by atoms with Crippen LogP contribution in [0, 0.1) is 6.92 Å². The van der Waals surface area contributed by atoms with E-state index < -0.39 is 0 Å². The fraction of sp³-hybridized carbons (Fsp3) is 0.571. The molecule has 1 aromatic rings. The number of benzene rings is 1. The number of aliphatic hydroxyl groups is 1. The Morgan fingerprint density at radius 2 is 2.33 bits per heavy atom. The molecule has 0 amide bonds. The summed E-state index contributed by atoms with van der Waals surface area (Å²) in [4.78, 5) is 2.33. The van der Waals surface area contributed by atoms with Gasteiger partial charge in [-0.2, -0.15) is 0 Å². The molecule has 0 spiro atoms. The molecule has 1 aromatic carbocycles. The molecule has 3 N–H and O–H groups in total. The van der Waals surface area contributed by atoms with E-state index in [0.717, 1.165) is 19.6 Å². The van der Waals surface area contributed by atoms with Crippen LogP contribution >= 0.6 is 0 Å². The van der Waals surface area contributed by atoms with Crippen molar-refractivity contribution < 1.29 is 9.84 Å². The lowest BCUT2D eigenvalue weighted by Gasteiger charge is -2.32. The Hall–Kier alpha value is -0.940. The molecule has 0 aliphatic carbocycles. The van der Waals surface area contributed by atoms with Crippen LogP contribution in [0.2, 0.25) is 0 Å². The van der Waals surface area contributed by atoms with Gasteiger partial charge in [0.15, 0.2) is 0 Å². The maximum absolute atomic E-state index is 9.13. The van der Waals surface area contributed by atoms with Crippen LogP contribution < -0.4 is 5.73 Å². The first-order valence-electron chi connectivity index (χ1n) is 6.46. The van der Waals surface area contributed by atoms with Crippen molar-refractivity contribution in [3.05, 3.63) is 34.9 Å². The highest BCUT2D eigenvalue weighted by Gasteiger charge is 2.19. The molecule has 4 heteroatoms. The van der Waals surface area contributed by atoms with Gasteiger partial charge >= 0.3 is 0 Å². The first kappa shape index (κ1) is 13.5. The highest BCUT2D eigenvalue weighted by Crippen LogP contribution is 2.15. The predicted octanol–water partition coefficient (Wildman–Crippen LogP) is 0.647. The largest absolute Gasteiger partial charge is 0.394 e. The van der Waals surface area contributed by atoms with Crippen molar-refractivity contribution in [1.29, 1.82) is 0 Å². The second kappa shape index (κ2) is 6.29. The molecule has 1 atom stereocenters. The van der Waals surface area contributed by atoms with Gasteiger partial charge in [0, 0.05) is 26.2 Å². The smallest absolute Gasteiger partial charge is 0.0933 e. The van der Waals surface area contributed by atoms with Gasteiger partial charge in [0.2, 0.25) is 0 Å². The van der Waals surface area contributed by atoms with Crippen LogP contribution in [-0.4, -0.2) is 42.4 Å². The molecule has 4 nitrogen and oxygen atoms in total. The molecule has 1 fully saturated rings. The molecule has 2 rings (SSSR count). The zero-order valence-electron chi connectivity index (χ0n) is 10.9. The van der Waals surface area contributed by atoms with E-state index in [0.29, 0.717) is 13.2 Å². The van der Waals surface area contributed by atoms with Crippen LogP contribution in [0.3, 0.4) is 0 Å². The van der Waals surface area contributed by atoms with Crippen molar-refractivity contribution in [2.75, 3.05) is 26.3 Å². The molecular formula is C14H22N2O2. The lowest BCUT2D eigenvalue weighted by Crippen LogP contribution is -2.43. The van der Waals surface area contributed by atoms with E-state index in [-0.39, 0.29) is 12.7 Å². The number of hydrogen-bond donors (Lipinski definition) is 2. The predicted molar refractivity (Wildman–Crippen MR) is 71.2 cm³/mol. The Morgan fingerprint density at radius 3 is 3.00 bits per heavy atom. The third-order valence-electron chi connectivity index (χ3n) is 3.46. The van der Waals surface area contributed by atoms with Crippen LogP contribution in [0.4, 0.5) is 0 Å². The van der Waals surface area contributed by atoms with Crippen molar-refractivity contribution in [2.24, 2.45) is 5.73 Å². The molecule has 0 bridgehead atoms. The summed E-state index contributed by atoms with van der Waals surface area (Å²) in [7, 11) is 0. The van der Waals surface area contributed by atoms with E-state index in [1.165, 1.54) is 16.7 Å². The quantitative estimate of drug-likeness (QED) is 0.823. The Labute approximate surface area is 108 Å². The van der Waals surface area contributed by atoms with Gasteiger partial charge in [-0.25, -0.2) is 0 Å². The molecule has 1 unspecified atom stereocenters. The summed E-state index contributed by atoms with van der Waals surface area (Å²) in [6.07, 6.45) is -0.0395. The highest BCUT2D eigenvalue weighted by molar-refractivity contribution is 5.31. The van der Waals surface area contributed by atoms with Gasteiger partial charge in [-0.15, -0.1) is 0 Å². The van der Waals surface area contributed by atoms with Crippen LogP contribution in [0.5, 0.6) is 0 Å². The van der Waals surface area contributed by atoms with Gasteiger partial charge in [-0.1, -0.05) is 18.2 Å². The summed E-state index contributed by atoms with van der Waals surface area (Å²) in [6.45, 7) is 6.15. The van der Waals surface area contributed by atoms with Crippen LogP contribution in [0.15, 0.2) is 18.2 Å². The third-order valence-corrected chi connectivity index (χ3v) is 3.46. The Balaban J connectivity index is 2.00. The number of ether oxygens (including phenoxy) is 1. The number of aryl methyl sites for hydroxylation is 1. The van der Waals surface area contributed by atoms with E-state index in [2.05, 4.69) is 30.0 Å².